The van der Waals surface area contributed by atoms with Crippen molar-refractivity contribution >= 4 is 0 Å². The Hall–Kier alpha value is -0.420. The smallest absolute Gasteiger partial charge is 0.0544 e. The Morgan fingerprint density at radius 3 is 2.35 bits per heavy atom. The van der Waals surface area contributed by atoms with Crippen LogP contribution in [-0.4, -0.2) is 35.0 Å². The van der Waals surface area contributed by atoms with E-state index < -0.39 is 0 Å². The third kappa shape index (κ3) is 2.71. The first-order valence-corrected chi connectivity index (χ1v) is 10.6. The summed E-state index contributed by atoms with van der Waals surface area (Å²) in [6, 6.07) is 0. The number of rotatable bonds is 4. The highest BCUT2D eigenvalue weighted by atomic mass is 16.3. The van der Waals surface area contributed by atoms with Gasteiger partial charge in [-0.3, -0.25) is 0 Å². The summed E-state index contributed by atoms with van der Waals surface area (Å²) in [5.74, 6) is 1.63. The molecule has 3 saturated carbocycles. The predicted molar refractivity (Wildman–Crippen MR) is 106 cm³/mol. The van der Waals surface area contributed by atoms with Crippen molar-refractivity contribution in [2.45, 2.75) is 77.4 Å². The fourth-order valence-corrected chi connectivity index (χ4v) is 7.38. The molecule has 3 rings (SSSR count). The van der Waals surface area contributed by atoms with Crippen LogP contribution in [0.15, 0.2) is 12.2 Å². The summed E-state index contributed by atoms with van der Waals surface area (Å²) >= 11 is 0. The maximum absolute atomic E-state index is 10.1. The molecule has 8 atom stereocenters. The van der Waals surface area contributed by atoms with E-state index in [1.54, 1.807) is 0 Å². The quantitative estimate of drug-likeness (QED) is 0.577. The van der Waals surface area contributed by atoms with E-state index in [1.165, 1.54) is 0 Å². The molecule has 0 aromatic heterocycles. The monoisotopic (exact) mass is 364 g/mol. The van der Waals surface area contributed by atoms with Gasteiger partial charge in [-0.05, 0) is 92.9 Å². The largest absolute Gasteiger partial charge is 0.396 e. The minimum absolute atomic E-state index is 0.0580. The minimum atomic E-state index is -0.282. The van der Waals surface area contributed by atoms with E-state index in [0.29, 0.717) is 24.3 Å². The normalized spacial score (nSPS) is 51.9. The van der Waals surface area contributed by atoms with Gasteiger partial charge >= 0.3 is 0 Å². The van der Waals surface area contributed by atoms with Crippen molar-refractivity contribution < 1.29 is 10.2 Å². The highest BCUT2D eigenvalue weighted by Crippen LogP contribution is 2.65. The zero-order valence-corrected chi connectivity index (χ0v) is 17.0. The molecule has 0 heterocycles. The molecule has 0 bridgehead atoms. The molecular weight excluding hydrogens is 324 g/mol. The van der Waals surface area contributed by atoms with Crippen LogP contribution >= 0.6 is 0 Å². The number of aliphatic hydroxyl groups excluding tert-OH is 2. The predicted octanol–water partition coefficient (Wildman–Crippen LogP) is 2.82. The highest BCUT2D eigenvalue weighted by Gasteiger charge is 2.62. The fourth-order valence-electron chi connectivity index (χ4n) is 7.38. The lowest BCUT2D eigenvalue weighted by Crippen LogP contribution is -2.59. The average Bonchev–Trinajstić information content (AvgIpc) is 2.89. The summed E-state index contributed by atoms with van der Waals surface area (Å²) < 4.78 is 0. The molecule has 3 aliphatic carbocycles. The third-order valence-electron chi connectivity index (χ3n) is 9.30. The number of aliphatic hydroxyl groups is 2. The Bertz CT molecular complexity index is 552. The van der Waals surface area contributed by atoms with Crippen LogP contribution in [0.2, 0.25) is 0 Å². The Morgan fingerprint density at radius 1 is 1.12 bits per heavy atom. The van der Waals surface area contributed by atoms with E-state index in [2.05, 4.69) is 27.4 Å². The molecule has 2 unspecified atom stereocenters. The van der Waals surface area contributed by atoms with E-state index in [0.717, 1.165) is 50.5 Å². The van der Waals surface area contributed by atoms with Crippen LogP contribution in [-0.2, 0) is 0 Å². The Labute approximate surface area is 159 Å². The molecule has 0 spiro atoms. The second-order valence-corrected chi connectivity index (χ2v) is 10.2. The minimum Gasteiger partial charge on any atom is -0.396 e. The Kier molecular flexibility index (Phi) is 5.37. The number of nitrogens with two attached hydrogens (primary N) is 2. The van der Waals surface area contributed by atoms with Gasteiger partial charge in [-0.15, -0.1) is 0 Å². The van der Waals surface area contributed by atoms with E-state index >= 15 is 0 Å². The maximum Gasteiger partial charge on any atom is 0.0544 e. The molecule has 26 heavy (non-hydrogen) atoms. The fraction of sp³-hybridized carbons (Fsp3) is 0.909. The molecule has 3 aliphatic rings. The SMILES string of the molecule is C=C(C)[C@@]1(N)CCC2[C@H](CN)C([C@@]3(C)CC[C@H](O)C[C@@H]3CO)CC[C@@]21C. The molecule has 3 fully saturated rings. The van der Waals surface area contributed by atoms with Crippen molar-refractivity contribution in [3.63, 3.8) is 0 Å². The Morgan fingerprint density at radius 2 is 1.77 bits per heavy atom. The molecule has 4 heteroatoms. The lowest BCUT2D eigenvalue weighted by atomic mass is 9.47. The summed E-state index contributed by atoms with van der Waals surface area (Å²) in [5, 5.41) is 20.2. The molecule has 0 aromatic carbocycles. The van der Waals surface area contributed by atoms with E-state index in [1.807, 2.05) is 0 Å². The first-order valence-electron chi connectivity index (χ1n) is 10.6. The van der Waals surface area contributed by atoms with Crippen LogP contribution in [0.5, 0.6) is 0 Å². The maximum atomic E-state index is 10.1. The summed E-state index contributed by atoms with van der Waals surface area (Å²) in [4.78, 5) is 0. The molecule has 0 aromatic rings. The van der Waals surface area contributed by atoms with Crippen LogP contribution in [0.25, 0.3) is 0 Å². The topological polar surface area (TPSA) is 92.5 Å². The molecule has 6 N–H and O–H groups in total. The zero-order chi connectivity index (χ0) is 19.3. The van der Waals surface area contributed by atoms with Crippen LogP contribution in [0.3, 0.4) is 0 Å². The van der Waals surface area contributed by atoms with Crippen LogP contribution in [0.1, 0.15) is 65.7 Å². The number of fused-ring (bicyclic) bond motifs is 1. The van der Waals surface area contributed by atoms with Crippen molar-refractivity contribution in [3.05, 3.63) is 12.2 Å². The molecule has 150 valence electrons. The molecule has 4 nitrogen and oxygen atoms in total. The molecule has 0 amide bonds. The van der Waals surface area contributed by atoms with Crippen LogP contribution in [0.4, 0.5) is 0 Å². The van der Waals surface area contributed by atoms with Gasteiger partial charge in [0, 0.05) is 12.1 Å². The van der Waals surface area contributed by atoms with Gasteiger partial charge in [0.2, 0.25) is 0 Å². The van der Waals surface area contributed by atoms with Crippen LogP contribution < -0.4 is 11.5 Å². The zero-order valence-electron chi connectivity index (χ0n) is 17.0. The molecule has 0 saturated heterocycles. The van der Waals surface area contributed by atoms with Gasteiger partial charge in [0.15, 0.2) is 0 Å². The second kappa shape index (κ2) is 6.88. The number of hydrogen-bond donors (Lipinski definition) is 4. The van der Waals surface area contributed by atoms with Gasteiger partial charge in [-0.1, -0.05) is 26.0 Å². The first kappa shape index (κ1) is 20.3. The van der Waals surface area contributed by atoms with Crippen molar-refractivity contribution in [3.8, 4) is 0 Å². The van der Waals surface area contributed by atoms with Gasteiger partial charge in [-0.25, -0.2) is 0 Å². The summed E-state index contributed by atoms with van der Waals surface area (Å²) in [5.41, 5.74) is 14.3. The number of hydrogen-bond acceptors (Lipinski definition) is 4. The highest BCUT2D eigenvalue weighted by molar-refractivity contribution is 5.26. The lowest BCUT2D eigenvalue weighted by Gasteiger charge is -2.58. The van der Waals surface area contributed by atoms with Crippen molar-refractivity contribution in [1.29, 1.82) is 0 Å². The molecule has 0 radical (unpaired) electrons. The summed E-state index contributed by atoms with van der Waals surface area (Å²) in [6.07, 6.45) is 6.63. The van der Waals surface area contributed by atoms with E-state index in [4.69, 9.17) is 11.5 Å². The first-order chi connectivity index (χ1) is 12.1. The Balaban J connectivity index is 1.92. The van der Waals surface area contributed by atoms with Crippen molar-refractivity contribution in [1.82, 2.24) is 0 Å². The average molecular weight is 365 g/mol. The molecular formula is C22H40N2O2. The van der Waals surface area contributed by atoms with Crippen molar-refractivity contribution in [2.24, 2.45) is 46.0 Å². The summed E-state index contributed by atoms with van der Waals surface area (Å²) in [7, 11) is 0. The third-order valence-corrected chi connectivity index (χ3v) is 9.30. The standard InChI is InChI=1S/C22H40N2O2/c1-14(2)22(24)10-7-19-17(12-23)18(6-9-21(19,22)4)20(3)8-5-16(26)11-15(20)13-25/h15-19,25-26H,1,5-13,23-24H2,2-4H3/t15-,16+,17-,18?,19?,20+,21+,22+/m1/s1. The lowest BCUT2D eigenvalue weighted by molar-refractivity contribution is -0.102. The van der Waals surface area contributed by atoms with Gasteiger partial charge in [0.05, 0.1) is 6.10 Å². The molecule has 0 aliphatic heterocycles. The second-order valence-electron chi connectivity index (χ2n) is 10.2. The van der Waals surface area contributed by atoms with Gasteiger partial charge in [0.1, 0.15) is 0 Å². The summed E-state index contributed by atoms with van der Waals surface area (Å²) in [6.45, 7) is 11.9. The van der Waals surface area contributed by atoms with Gasteiger partial charge < -0.3 is 21.7 Å². The van der Waals surface area contributed by atoms with Crippen molar-refractivity contribution in [2.75, 3.05) is 13.2 Å². The van der Waals surface area contributed by atoms with Crippen LogP contribution in [0, 0.1) is 34.5 Å². The van der Waals surface area contributed by atoms with E-state index in [-0.39, 0.29) is 35.0 Å². The van der Waals surface area contributed by atoms with Gasteiger partial charge in [-0.2, -0.15) is 0 Å². The van der Waals surface area contributed by atoms with E-state index in [9.17, 15) is 10.2 Å². The van der Waals surface area contributed by atoms with Gasteiger partial charge in [0.25, 0.3) is 0 Å².